The molecule has 0 saturated heterocycles. The molecule has 0 saturated carbocycles. The summed E-state index contributed by atoms with van der Waals surface area (Å²) in [7, 11) is -3.60. The Hall–Kier alpha value is -3.17. The summed E-state index contributed by atoms with van der Waals surface area (Å²) in [4.78, 5) is 18.2. The van der Waals surface area contributed by atoms with Crippen LogP contribution in [0.25, 0.3) is 11.3 Å². The number of fused-ring (bicyclic) bond motifs is 1. The number of sulfonamides is 1. The predicted octanol–water partition coefficient (Wildman–Crippen LogP) is 3.97. The van der Waals surface area contributed by atoms with E-state index in [-0.39, 0.29) is 23.4 Å². The number of nitrogens with zero attached hydrogens (tertiary/aromatic N) is 2. The van der Waals surface area contributed by atoms with Crippen molar-refractivity contribution in [3.8, 4) is 17.0 Å². The molecule has 0 spiro atoms. The lowest BCUT2D eigenvalue weighted by Crippen LogP contribution is -2.38. The Bertz CT molecular complexity index is 1250. The van der Waals surface area contributed by atoms with Gasteiger partial charge < -0.3 is 9.64 Å². The second-order valence-corrected chi connectivity index (χ2v) is 9.73. The smallest absolute Gasteiger partial charge is 0.265 e. The molecule has 2 heterocycles. The normalized spacial score (nSPS) is 13.5. The first-order valence-electron chi connectivity index (χ1n) is 9.55. The fraction of sp³-hybridized carbons (Fsp3) is 0.182. The van der Waals surface area contributed by atoms with E-state index < -0.39 is 10.0 Å². The van der Waals surface area contributed by atoms with Gasteiger partial charge in [0, 0.05) is 17.5 Å². The summed E-state index contributed by atoms with van der Waals surface area (Å²) >= 11 is 1.20. The van der Waals surface area contributed by atoms with Crippen LogP contribution in [0.5, 0.6) is 5.75 Å². The Morgan fingerprint density at radius 2 is 2.13 bits per heavy atom. The molecule has 1 aromatic heterocycles. The number of hydrogen-bond donors (Lipinski definition) is 1. The Morgan fingerprint density at radius 3 is 2.90 bits per heavy atom. The number of rotatable bonds is 7. The number of aromatic nitrogens is 1. The number of carbonyl (C=O) groups is 1. The summed E-state index contributed by atoms with van der Waals surface area (Å²) in [5, 5.41) is 2.06. The van der Waals surface area contributed by atoms with Crippen molar-refractivity contribution in [2.45, 2.75) is 12.7 Å². The molecular weight excluding hydrogens is 434 g/mol. The van der Waals surface area contributed by atoms with Crippen LogP contribution in [-0.4, -0.2) is 32.5 Å². The van der Waals surface area contributed by atoms with Crippen molar-refractivity contribution in [3.63, 3.8) is 0 Å². The molecule has 0 radical (unpaired) electrons. The third kappa shape index (κ3) is 4.78. The molecule has 0 atom stereocenters. The second kappa shape index (κ2) is 8.52. The number of aryl methyl sites for hydroxylation is 1. The highest BCUT2D eigenvalue weighted by Gasteiger charge is 2.25. The molecule has 2 aromatic carbocycles. The molecule has 1 aliphatic rings. The van der Waals surface area contributed by atoms with Crippen molar-refractivity contribution >= 4 is 38.1 Å². The largest absolute Gasteiger partial charge is 0.482 e. The van der Waals surface area contributed by atoms with Gasteiger partial charge in [-0.1, -0.05) is 35.9 Å². The molecule has 160 valence electrons. The molecule has 0 unspecified atom stereocenters. The van der Waals surface area contributed by atoms with Gasteiger partial charge in [0.25, 0.3) is 5.91 Å². The summed E-state index contributed by atoms with van der Waals surface area (Å²) in [6, 6.07) is 12.8. The zero-order valence-corrected chi connectivity index (χ0v) is 18.5. The van der Waals surface area contributed by atoms with E-state index in [0.717, 1.165) is 11.1 Å². The number of thiazole rings is 1. The van der Waals surface area contributed by atoms with E-state index in [1.807, 2.05) is 37.3 Å². The molecule has 4 rings (SSSR count). The quantitative estimate of drug-likeness (QED) is 0.545. The van der Waals surface area contributed by atoms with E-state index in [4.69, 9.17) is 4.74 Å². The molecular formula is C22H21N3O4S2. The number of hydrogen-bond acceptors (Lipinski definition) is 6. The molecule has 1 N–H and O–H groups in total. The minimum Gasteiger partial charge on any atom is -0.482 e. The van der Waals surface area contributed by atoms with Gasteiger partial charge in [-0.2, -0.15) is 0 Å². The highest BCUT2D eigenvalue weighted by Crippen LogP contribution is 2.36. The van der Waals surface area contributed by atoms with Crippen molar-refractivity contribution in [2.24, 2.45) is 0 Å². The number of ether oxygens (including phenoxy) is 1. The van der Waals surface area contributed by atoms with E-state index in [0.29, 0.717) is 29.2 Å². The van der Waals surface area contributed by atoms with Gasteiger partial charge in [0.1, 0.15) is 5.75 Å². The molecule has 0 aliphatic carbocycles. The summed E-state index contributed by atoms with van der Waals surface area (Å²) in [5.41, 5.74) is 3.72. The lowest BCUT2D eigenvalue weighted by atomic mass is 10.1. The van der Waals surface area contributed by atoms with Crippen molar-refractivity contribution in [2.75, 3.05) is 22.8 Å². The van der Waals surface area contributed by atoms with Crippen molar-refractivity contribution in [1.82, 2.24) is 4.98 Å². The SMILES string of the molecule is C=CCN1C(=O)COc2ccc(-c3csc(NS(=O)(=O)Cc4cccc(C)c4)n3)cc21. The summed E-state index contributed by atoms with van der Waals surface area (Å²) in [5.74, 6) is 0.338. The molecule has 1 aliphatic heterocycles. The third-order valence-corrected chi connectivity index (χ3v) is 6.80. The van der Waals surface area contributed by atoms with Crippen LogP contribution in [0.2, 0.25) is 0 Å². The fourth-order valence-corrected chi connectivity index (χ4v) is 5.47. The lowest BCUT2D eigenvalue weighted by molar-refractivity contribution is -0.121. The van der Waals surface area contributed by atoms with Gasteiger partial charge in [0.15, 0.2) is 11.7 Å². The van der Waals surface area contributed by atoms with Gasteiger partial charge in [-0.25, -0.2) is 13.4 Å². The van der Waals surface area contributed by atoms with Crippen LogP contribution < -0.4 is 14.4 Å². The predicted molar refractivity (Wildman–Crippen MR) is 123 cm³/mol. The third-order valence-electron chi connectivity index (χ3n) is 4.70. The van der Waals surface area contributed by atoms with Gasteiger partial charge in [-0.3, -0.25) is 9.52 Å². The molecule has 1 amide bonds. The zero-order chi connectivity index (χ0) is 22.0. The van der Waals surface area contributed by atoms with Crippen LogP contribution in [0.4, 0.5) is 10.8 Å². The van der Waals surface area contributed by atoms with Gasteiger partial charge in [-0.15, -0.1) is 17.9 Å². The topological polar surface area (TPSA) is 88.6 Å². The maximum absolute atomic E-state index is 12.6. The summed E-state index contributed by atoms with van der Waals surface area (Å²) < 4.78 is 33.2. The second-order valence-electron chi connectivity index (χ2n) is 7.15. The van der Waals surface area contributed by atoms with E-state index in [9.17, 15) is 13.2 Å². The maximum atomic E-state index is 12.6. The molecule has 31 heavy (non-hydrogen) atoms. The Labute approximate surface area is 185 Å². The van der Waals surface area contributed by atoms with Crippen LogP contribution in [0, 0.1) is 6.92 Å². The number of carbonyl (C=O) groups excluding carboxylic acids is 1. The van der Waals surface area contributed by atoms with E-state index >= 15 is 0 Å². The van der Waals surface area contributed by atoms with Crippen LogP contribution in [0.15, 0.2) is 60.5 Å². The Kier molecular flexibility index (Phi) is 5.79. The lowest BCUT2D eigenvalue weighted by Gasteiger charge is -2.28. The highest BCUT2D eigenvalue weighted by molar-refractivity contribution is 7.92. The van der Waals surface area contributed by atoms with Crippen molar-refractivity contribution in [1.29, 1.82) is 0 Å². The van der Waals surface area contributed by atoms with Crippen LogP contribution in [0.3, 0.4) is 0 Å². The first-order chi connectivity index (χ1) is 14.8. The summed E-state index contributed by atoms with van der Waals surface area (Å²) in [6.45, 7) is 5.99. The van der Waals surface area contributed by atoms with Gasteiger partial charge in [0.2, 0.25) is 10.0 Å². The standard InChI is InChI=1S/C22H21N3O4S2/c1-3-9-25-19-11-17(7-8-20(19)29-12-21(25)26)18-13-30-22(23-18)24-31(27,28)14-16-6-4-5-15(2)10-16/h3-8,10-11,13H,1,9,12,14H2,2H3,(H,23,24). The molecule has 7 nitrogen and oxygen atoms in total. The highest BCUT2D eigenvalue weighted by atomic mass is 32.2. The Morgan fingerprint density at radius 1 is 1.29 bits per heavy atom. The van der Waals surface area contributed by atoms with E-state index in [1.54, 1.807) is 28.5 Å². The van der Waals surface area contributed by atoms with Gasteiger partial charge in [0.05, 0.1) is 17.1 Å². The van der Waals surface area contributed by atoms with Crippen LogP contribution >= 0.6 is 11.3 Å². The monoisotopic (exact) mass is 455 g/mol. The minimum absolute atomic E-state index is 0.0102. The average molecular weight is 456 g/mol. The number of anilines is 2. The van der Waals surface area contributed by atoms with Crippen molar-refractivity contribution < 1.29 is 17.9 Å². The zero-order valence-electron chi connectivity index (χ0n) is 16.9. The van der Waals surface area contributed by atoms with Gasteiger partial charge >= 0.3 is 0 Å². The minimum atomic E-state index is -3.60. The van der Waals surface area contributed by atoms with E-state index in [2.05, 4.69) is 16.3 Å². The van der Waals surface area contributed by atoms with Crippen LogP contribution in [-0.2, 0) is 20.6 Å². The fourth-order valence-electron chi connectivity index (χ4n) is 3.33. The number of amides is 1. The Balaban J connectivity index is 1.55. The van der Waals surface area contributed by atoms with Crippen LogP contribution in [0.1, 0.15) is 11.1 Å². The maximum Gasteiger partial charge on any atom is 0.265 e. The molecule has 9 heteroatoms. The molecule has 3 aromatic rings. The van der Waals surface area contributed by atoms with Crippen molar-refractivity contribution in [3.05, 3.63) is 71.6 Å². The molecule has 0 fully saturated rings. The average Bonchev–Trinajstić information content (AvgIpc) is 3.17. The first kappa shape index (κ1) is 21.1. The van der Waals surface area contributed by atoms with E-state index in [1.165, 1.54) is 11.3 Å². The first-order valence-corrected chi connectivity index (χ1v) is 12.1. The number of nitrogens with one attached hydrogen (secondary N) is 1. The number of benzene rings is 2. The molecule has 0 bridgehead atoms. The van der Waals surface area contributed by atoms with Gasteiger partial charge in [-0.05, 0) is 30.7 Å². The summed E-state index contributed by atoms with van der Waals surface area (Å²) in [6.07, 6.45) is 1.66.